The standard InChI is InChI=1S/C23H25NO7/c1-4-13-30-23(27)17-7-9-18(10-8-17)24-21(25)15-31-22(26)12-6-16-5-11-19(28-2)20(14-16)29-3/h5-12,14H,4,13,15H2,1-3H3,(H,24,25)/b12-6+. The van der Waals surface area contributed by atoms with Crippen molar-refractivity contribution in [2.75, 3.05) is 32.8 Å². The van der Waals surface area contributed by atoms with Crippen LogP contribution in [0.5, 0.6) is 11.5 Å². The third-order valence-corrected chi connectivity index (χ3v) is 4.01. The van der Waals surface area contributed by atoms with Gasteiger partial charge < -0.3 is 24.3 Å². The molecule has 2 aromatic carbocycles. The van der Waals surface area contributed by atoms with Gasteiger partial charge in [0.05, 0.1) is 26.4 Å². The predicted molar refractivity (Wildman–Crippen MR) is 115 cm³/mol. The molecule has 1 amide bonds. The van der Waals surface area contributed by atoms with Gasteiger partial charge in [-0.1, -0.05) is 13.0 Å². The summed E-state index contributed by atoms with van der Waals surface area (Å²) in [6, 6.07) is 11.4. The number of nitrogens with one attached hydrogen (secondary N) is 1. The van der Waals surface area contributed by atoms with Gasteiger partial charge >= 0.3 is 11.9 Å². The van der Waals surface area contributed by atoms with Crippen LogP contribution in [0.25, 0.3) is 6.08 Å². The van der Waals surface area contributed by atoms with Gasteiger partial charge in [-0.15, -0.1) is 0 Å². The average molecular weight is 427 g/mol. The SMILES string of the molecule is CCCOC(=O)c1ccc(NC(=O)COC(=O)/C=C/c2ccc(OC)c(OC)c2)cc1. The number of benzene rings is 2. The van der Waals surface area contributed by atoms with Crippen molar-refractivity contribution in [3.8, 4) is 11.5 Å². The van der Waals surface area contributed by atoms with Gasteiger partial charge in [0.25, 0.3) is 5.91 Å². The Bertz CT molecular complexity index is 935. The van der Waals surface area contributed by atoms with Crippen LogP contribution in [0.15, 0.2) is 48.5 Å². The third-order valence-electron chi connectivity index (χ3n) is 4.01. The molecule has 31 heavy (non-hydrogen) atoms. The van der Waals surface area contributed by atoms with E-state index in [9.17, 15) is 14.4 Å². The highest BCUT2D eigenvalue weighted by Gasteiger charge is 2.09. The van der Waals surface area contributed by atoms with Crippen LogP contribution in [0.1, 0.15) is 29.3 Å². The monoisotopic (exact) mass is 427 g/mol. The molecule has 8 heteroatoms. The Morgan fingerprint density at radius 2 is 1.65 bits per heavy atom. The Hall–Kier alpha value is -3.81. The summed E-state index contributed by atoms with van der Waals surface area (Å²) in [6.45, 7) is 1.81. The van der Waals surface area contributed by atoms with Gasteiger partial charge in [-0.05, 0) is 54.5 Å². The fourth-order valence-corrected chi connectivity index (χ4v) is 2.47. The van der Waals surface area contributed by atoms with Gasteiger partial charge in [0.15, 0.2) is 18.1 Å². The molecular weight excluding hydrogens is 402 g/mol. The summed E-state index contributed by atoms with van der Waals surface area (Å²) in [5.74, 6) is -0.491. The fraction of sp³-hybridized carbons (Fsp3) is 0.261. The molecular formula is C23H25NO7. The maximum absolute atomic E-state index is 12.0. The number of hydrogen-bond donors (Lipinski definition) is 1. The van der Waals surface area contributed by atoms with E-state index >= 15 is 0 Å². The second kappa shape index (κ2) is 12.0. The van der Waals surface area contributed by atoms with E-state index in [4.69, 9.17) is 18.9 Å². The second-order valence-electron chi connectivity index (χ2n) is 6.32. The molecule has 1 N–H and O–H groups in total. The van der Waals surface area contributed by atoms with Crippen LogP contribution in [-0.4, -0.2) is 45.3 Å². The first-order valence-electron chi connectivity index (χ1n) is 9.60. The molecule has 0 aromatic heterocycles. The highest BCUT2D eigenvalue weighted by atomic mass is 16.5. The van der Waals surface area contributed by atoms with Gasteiger partial charge in [0.2, 0.25) is 0 Å². The highest BCUT2D eigenvalue weighted by Crippen LogP contribution is 2.27. The molecule has 0 aliphatic heterocycles. The van der Waals surface area contributed by atoms with Crippen LogP contribution < -0.4 is 14.8 Å². The lowest BCUT2D eigenvalue weighted by Gasteiger charge is -2.08. The topological polar surface area (TPSA) is 100 Å². The molecule has 0 heterocycles. The number of carbonyl (C=O) groups is 3. The van der Waals surface area contributed by atoms with Crippen molar-refractivity contribution in [2.24, 2.45) is 0 Å². The highest BCUT2D eigenvalue weighted by molar-refractivity contribution is 5.95. The molecule has 0 atom stereocenters. The van der Waals surface area contributed by atoms with Crippen molar-refractivity contribution in [3.63, 3.8) is 0 Å². The smallest absolute Gasteiger partial charge is 0.338 e. The number of methoxy groups -OCH3 is 2. The van der Waals surface area contributed by atoms with Gasteiger partial charge in [-0.2, -0.15) is 0 Å². The number of rotatable bonds is 10. The summed E-state index contributed by atoms with van der Waals surface area (Å²) in [6.07, 6.45) is 3.49. The Kier molecular flexibility index (Phi) is 9.10. The summed E-state index contributed by atoms with van der Waals surface area (Å²) in [7, 11) is 3.05. The minimum absolute atomic E-state index is 0.350. The first kappa shape index (κ1) is 23.5. The maximum Gasteiger partial charge on any atom is 0.338 e. The number of amides is 1. The first-order chi connectivity index (χ1) is 15.0. The molecule has 2 aromatic rings. The number of anilines is 1. The van der Waals surface area contributed by atoms with Crippen molar-refractivity contribution >= 4 is 29.6 Å². The molecule has 0 spiro atoms. The normalized spacial score (nSPS) is 10.4. The zero-order valence-electron chi connectivity index (χ0n) is 17.7. The van der Waals surface area contributed by atoms with E-state index in [2.05, 4.69) is 5.32 Å². The summed E-state index contributed by atoms with van der Waals surface area (Å²) in [5, 5.41) is 2.59. The second-order valence-corrected chi connectivity index (χ2v) is 6.32. The molecule has 0 radical (unpaired) electrons. The fourth-order valence-electron chi connectivity index (χ4n) is 2.47. The number of ether oxygens (including phenoxy) is 4. The largest absolute Gasteiger partial charge is 0.493 e. The Balaban J connectivity index is 1.82. The van der Waals surface area contributed by atoms with E-state index in [1.165, 1.54) is 20.3 Å². The third kappa shape index (κ3) is 7.50. The van der Waals surface area contributed by atoms with Crippen LogP contribution in [0.2, 0.25) is 0 Å². The van der Waals surface area contributed by atoms with Gasteiger partial charge in [0, 0.05) is 11.8 Å². The van der Waals surface area contributed by atoms with E-state index in [-0.39, 0.29) is 0 Å². The van der Waals surface area contributed by atoms with E-state index in [0.717, 1.165) is 6.42 Å². The Labute approximate surface area is 180 Å². The minimum atomic E-state index is -0.668. The van der Waals surface area contributed by atoms with Crippen LogP contribution in [0, 0.1) is 0 Å². The first-order valence-corrected chi connectivity index (χ1v) is 9.60. The van der Waals surface area contributed by atoms with Crippen LogP contribution in [-0.2, 0) is 19.1 Å². The Morgan fingerprint density at radius 3 is 2.29 bits per heavy atom. The van der Waals surface area contributed by atoms with E-state index in [0.29, 0.717) is 34.9 Å². The van der Waals surface area contributed by atoms with Gasteiger partial charge in [0.1, 0.15) is 0 Å². The van der Waals surface area contributed by atoms with E-state index in [1.807, 2.05) is 6.92 Å². The molecule has 0 bridgehead atoms. The van der Waals surface area contributed by atoms with Crippen LogP contribution >= 0.6 is 0 Å². The lowest BCUT2D eigenvalue weighted by Crippen LogP contribution is -2.20. The lowest BCUT2D eigenvalue weighted by atomic mass is 10.2. The number of esters is 2. The molecule has 0 unspecified atom stereocenters. The van der Waals surface area contributed by atoms with E-state index in [1.54, 1.807) is 48.5 Å². The van der Waals surface area contributed by atoms with Crippen molar-refractivity contribution in [2.45, 2.75) is 13.3 Å². The number of carbonyl (C=O) groups excluding carboxylic acids is 3. The zero-order valence-corrected chi connectivity index (χ0v) is 17.7. The number of hydrogen-bond acceptors (Lipinski definition) is 7. The summed E-state index contributed by atoms with van der Waals surface area (Å²) in [5.41, 5.74) is 1.56. The molecule has 0 saturated heterocycles. The molecule has 8 nitrogen and oxygen atoms in total. The zero-order chi connectivity index (χ0) is 22.6. The van der Waals surface area contributed by atoms with Crippen LogP contribution in [0.3, 0.4) is 0 Å². The molecule has 0 fully saturated rings. The molecule has 0 aliphatic rings. The quantitative estimate of drug-likeness (QED) is 0.458. The maximum atomic E-state index is 12.0. The average Bonchev–Trinajstić information content (AvgIpc) is 2.80. The summed E-state index contributed by atoms with van der Waals surface area (Å²) < 4.78 is 20.3. The van der Waals surface area contributed by atoms with Crippen molar-refractivity contribution in [1.29, 1.82) is 0 Å². The summed E-state index contributed by atoms with van der Waals surface area (Å²) >= 11 is 0. The van der Waals surface area contributed by atoms with Crippen LogP contribution in [0.4, 0.5) is 5.69 Å². The van der Waals surface area contributed by atoms with Crippen molar-refractivity contribution in [3.05, 3.63) is 59.7 Å². The van der Waals surface area contributed by atoms with Crippen molar-refractivity contribution < 1.29 is 33.3 Å². The molecule has 0 saturated carbocycles. The van der Waals surface area contributed by atoms with Gasteiger partial charge in [-0.25, -0.2) is 9.59 Å². The van der Waals surface area contributed by atoms with Crippen molar-refractivity contribution in [1.82, 2.24) is 0 Å². The minimum Gasteiger partial charge on any atom is -0.493 e. The molecule has 2 rings (SSSR count). The van der Waals surface area contributed by atoms with Gasteiger partial charge in [-0.3, -0.25) is 4.79 Å². The predicted octanol–water partition coefficient (Wildman–Crippen LogP) is 3.47. The van der Waals surface area contributed by atoms with E-state index < -0.39 is 24.5 Å². The molecule has 164 valence electrons. The lowest BCUT2D eigenvalue weighted by molar-refractivity contribution is -0.142. The molecule has 0 aliphatic carbocycles. The summed E-state index contributed by atoms with van der Waals surface area (Å²) in [4.78, 5) is 35.6. The Morgan fingerprint density at radius 1 is 0.935 bits per heavy atom.